The van der Waals surface area contributed by atoms with E-state index in [0.29, 0.717) is 19.0 Å². The van der Waals surface area contributed by atoms with Crippen LogP contribution < -0.4 is 19.7 Å². The molecular weight excluding hydrogens is 342 g/mol. The van der Waals surface area contributed by atoms with Crippen LogP contribution in [0.2, 0.25) is 0 Å². The molecule has 0 fully saturated rings. The predicted octanol–water partition coefficient (Wildman–Crippen LogP) is 2.42. The lowest BCUT2D eigenvalue weighted by molar-refractivity contribution is -0.592. The molecule has 6 nitrogen and oxygen atoms in total. The van der Waals surface area contributed by atoms with E-state index in [1.807, 2.05) is 37.1 Å². The van der Waals surface area contributed by atoms with Crippen molar-refractivity contribution in [3.8, 4) is 5.75 Å². The van der Waals surface area contributed by atoms with Crippen LogP contribution in [-0.2, 0) is 17.8 Å². The average Bonchev–Trinajstić information content (AvgIpc) is 2.84. The van der Waals surface area contributed by atoms with Gasteiger partial charge in [-0.25, -0.2) is 4.73 Å². The zero-order valence-electron chi connectivity index (χ0n) is 16.0. The van der Waals surface area contributed by atoms with Crippen molar-refractivity contribution < 1.29 is 14.3 Å². The van der Waals surface area contributed by atoms with E-state index in [1.165, 1.54) is 11.8 Å². The monoisotopic (exact) mass is 369 g/mol. The Labute approximate surface area is 160 Å². The Balaban J connectivity index is 1.52. The number of nitrogens with one attached hydrogen (secondary N) is 1. The molecule has 1 aliphatic rings. The molecule has 0 radical (unpaired) electrons. The van der Waals surface area contributed by atoms with Gasteiger partial charge < -0.3 is 15.3 Å². The quantitative estimate of drug-likeness (QED) is 0.462. The Kier molecular flexibility index (Phi) is 6.16. The molecule has 2 heterocycles. The van der Waals surface area contributed by atoms with Crippen LogP contribution in [0.25, 0.3) is 0 Å². The zero-order valence-corrected chi connectivity index (χ0v) is 16.0. The standard InChI is InChI=1S/C21H27N3O3/c1-3-16-13-17-8-9-19(14-18(17)15-22-21(16)25)27-12-6-10-23(2)20-7-4-5-11-24(20)26/h4-5,7-9,11,14,16H,3,6,10,12-13,15H2,1-2H3,(H,22,25). The Hall–Kier alpha value is -2.76. The fourth-order valence-electron chi connectivity index (χ4n) is 3.39. The van der Waals surface area contributed by atoms with Gasteiger partial charge in [-0.3, -0.25) is 9.69 Å². The first-order chi connectivity index (χ1) is 13.1. The van der Waals surface area contributed by atoms with Crippen molar-refractivity contribution in [2.45, 2.75) is 32.7 Å². The molecule has 6 heteroatoms. The summed E-state index contributed by atoms with van der Waals surface area (Å²) in [5.41, 5.74) is 2.35. The van der Waals surface area contributed by atoms with Crippen LogP contribution in [0.1, 0.15) is 30.9 Å². The SMILES string of the molecule is CCC1Cc2ccc(OCCCN(C)c3cccc[n+]3[O-])cc2CNC1=O. The van der Waals surface area contributed by atoms with Crippen molar-refractivity contribution in [3.63, 3.8) is 0 Å². The van der Waals surface area contributed by atoms with Gasteiger partial charge in [0.25, 0.3) is 5.82 Å². The third-order valence-electron chi connectivity index (χ3n) is 5.06. The summed E-state index contributed by atoms with van der Waals surface area (Å²) in [5, 5.41) is 14.8. The summed E-state index contributed by atoms with van der Waals surface area (Å²) in [7, 11) is 1.90. The van der Waals surface area contributed by atoms with Crippen molar-refractivity contribution in [3.05, 3.63) is 58.9 Å². The highest BCUT2D eigenvalue weighted by Crippen LogP contribution is 2.24. The Bertz CT molecular complexity index is 794. The number of amides is 1. The van der Waals surface area contributed by atoms with Crippen molar-refractivity contribution in [2.24, 2.45) is 5.92 Å². The molecule has 1 aromatic heterocycles. The van der Waals surface area contributed by atoms with Crippen LogP contribution in [-0.4, -0.2) is 26.1 Å². The van der Waals surface area contributed by atoms with Crippen molar-refractivity contribution in [1.29, 1.82) is 0 Å². The first-order valence-corrected chi connectivity index (χ1v) is 9.50. The van der Waals surface area contributed by atoms with Gasteiger partial charge in [0.05, 0.1) is 26.4 Å². The second kappa shape index (κ2) is 8.75. The average molecular weight is 369 g/mol. The van der Waals surface area contributed by atoms with Crippen LogP contribution in [0.4, 0.5) is 5.82 Å². The third-order valence-corrected chi connectivity index (χ3v) is 5.06. The molecule has 1 aliphatic heterocycles. The minimum absolute atomic E-state index is 0.0512. The van der Waals surface area contributed by atoms with Gasteiger partial charge >= 0.3 is 0 Å². The number of carbonyl (C=O) groups excluding carboxylic acids is 1. The number of carbonyl (C=O) groups is 1. The summed E-state index contributed by atoms with van der Waals surface area (Å²) in [6.07, 6.45) is 3.94. The highest BCUT2D eigenvalue weighted by atomic mass is 16.5. The normalized spacial score (nSPS) is 16.2. The largest absolute Gasteiger partial charge is 0.711 e. The topological polar surface area (TPSA) is 68.5 Å². The molecule has 144 valence electrons. The molecule has 1 unspecified atom stereocenters. The van der Waals surface area contributed by atoms with E-state index in [4.69, 9.17) is 4.74 Å². The van der Waals surface area contributed by atoms with Crippen LogP contribution in [0.5, 0.6) is 5.75 Å². The number of benzene rings is 1. The number of hydrogen-bond donors (Lipinski definition) is 1. The molecule has 0 bridgehead atoms. The lowest BCUT2D eigenvalue weighted by Gasteiger charge is -2.16. The summed E-state index contributed by atoms with van der Waals surface area (Å²) in [4.78, 5) is 14.0. The summed E-state index contributed by atoms with van der Waals surface area (Å²) in [6, 6.07) is 11.5. The van der Waals surface area contributed by atoms with Gasteiger partial charge in [-0.15, -0.1) is 0 Å². The van der Waals surface area contributed by atoms with Gasteiger partial charge in [0.1, 0.15) is 5.75 Å². The number of fused-ring (bicyclic) bond motifs is 1. The van der Waals surface area contributed by atoms with E-state index < -0.39 is 0 Å². The van der Waals surface area contributed by atoms with Gasteiger partial charge in [0, 0.05) is 24.9 Å². The maximum absolute atomic E-state index is 12.0. The van der Waals surface area contributed by atoms with Gasteiger partial charge in [0.15, 0.2) is 0 Å². The Morgan fingerprint density at radius 1 is 1.30 bits per heavy atom. The molecule has 0 aliphatic carbocycles. The van der Waals surface area contributed by atoms with Crippen molar-refractivity contribution >= 4 is 11.7 Å². The minimum atomic E-state index is 0.0512. The number of anilines is 1. The summed E-state index contributed by atoms with van der Waals surface area (Å²) < 4.78 is 6.75. The second-order valence-electron chi connectivity index (χ2n) is 6.97. The summed E-state index contributed by atoms with van der Waals surface area (Å²) >= 11 is 0. The molecule has 0 saturated carbocycles. The van der Waals surface area contributed by atoms with Gasteiger partial charge in [-0.05, 0) is 42.2 Å². The van der Waals surface area contributed by atoms with Gasteiger partial charge in [-0.1, -0.05) is 19.1 Å². The van der Waals surface area contributed by atoms with E-state index in [9.17, 15) is 10.0 Å². The molecule has 1 amide bonds. The number of aromatic nitrogens is 1. The lowest BCUT2D eigenvalue weighted by atomic mass is 9.95. The lowest BCUT2D eigenvalue weighted by Crippen LogP contribution is -2.36. The van der Waals surface area contributed by atoms with Crippen LogP contribution in [0, 0.1) is 11.1 Å². The molecule has 27 heavy (non-hydrogen) atoms. The van der Waals surface area contributed by atoms with E-state index in [1.54, 1.807) is 12.1 Å². The maximum Gasteiger partial charge on any atom is 0.279 e. The minimum Gasteiger partial charge on any atom is -0.711 e. The Morgan fingerprint density at radius 2 is 2.15 bits per heavy atom. The molecule has 1 aromatic carbocycles. The van der Waals surface area contributed by atoms with Crippen LogP contribution in [0.3, 0.4) is 0 Å². The van der Waals surface area contributed by atoms with Gasteiger partial charge in [-0.2, -0.15) is 0 Å². The molecule has 2 aromatic rings. The third kappa shape index (κ3) is 4.70. The highest BCUT2D eigenvalue weighted by Gasteiger charge is 2.22. The highest BCUT2D eigenvalue weighted by molar-refractivity contribution is 5.79. The van der Waals surface area contributed by atoms with E-state index in [-0.39, 0.29) is 11.8 Å². The summed E-state index contributed by atoms with van der Waals surface area (Å²) in [5.74, 6) is 1.63. The zero-order chi connectivity index (χ0) is 19.2. The smallest absolute Gasteiger partial charge is 0.279 e. The number of nitrogens with zero attached hydrogens (tertiary/aromatic N) is 2. The number of rotatable bonds is 7. The van der Waals surface area contributed by atoms with Crippen molar-refractivity contribution in [2.75, 3.05) is 25.1 Å². The molecule has 1 atom stereocenters. The Morgan fingerprint density at radius 3 is 2.93 bits per heavy atom. The fourth-order valence-corrected chi connectivity index (χ4v) is 3.39. The first kappa shape index (κ1) is 19.0. The molecule has 1 N–H and O–H groups in total. The number of pyridine rings is 1. The fraction of sp³-hybridized carbons (Fsp3) is 0.429. The van der Waals surface area contributed by atoms with Crippen LogP contribution in [0.15, 0.2) is 42.6 Å². The number of ether oxygens (including phenoxy) is 1. The van der Waals surface area contributed by atoms with E-state index >= 15 is 0 Å². The maximum atomic E-state index is 12.0. The predicted molar refractivity (Wildman–Crippen MR) is 105 cm³/mol. The molecule has 0 spiro atoms. The van der Waals surface area contributed by atoms with Gasteiger partial charge in [0.2, 0.25) is 5.91 Å². The van der Waals surface area contributed by atoms with E-state index in [2.05, 4.69) is 11.4 Å². The molecule has 3 rings (SSSR count). The molecular formula is C21H27N3O3. The van der Waals surface area contributed by atoms with Crippen molar-refractivity contribution in [1.82, 2.24) is 5.32 Å². The molecule has 0 saturated heterocycles. The van der Waals surface area contributed by atoms with Crippen LogP contribution >= 0.6 is 0 Å². The summed E-state index contributed by atoms with van der Waals surface area (Å²) in [6.45, 7) is 3.90. The second-order valence-corrected chi connectivity index (χ2v) is 6.97. The van der Waals surface area contributed by atoms with E-state index in [0.717, 1.165) is 41.9 Å². The number of hydrogen-bond acceptors (Lipinski definition) is 4. The first-order valence-electron chi connectivity index (χ1n) is 9.50.